The fourth-order valence-corrected chi connectivity index (χ4v) is 5.02. The number of ether oxygens (including phenoxy) is 1. The third kappa shape index (κ3) is 5.02. The molecule has 1 unspecified atom stereocenters. The molecule has 1 aromatic carbocycles. The van der Waals surface area contributed by atoms with E-state index in [1.165, 1.54) is 6.08 Å². The number of amides is 2. The Hall–Kier alpha value is -4.27. The molecule has 1 aliphatic carbocycles. The van der Waals surface area contributed by atoms with Crippen molar-refractivity contribution in [3.63, 3.8) is 0 Å². The summed E-state index contributed by atoms with van der Waals surface area (Å²) in [6, 6.07) is 9.66. The summed E-state index contributed by atoms with van der Waals surface area (Å²) < 4.78 is 8.25. The van der Waals surface area contributed by atoms with Crippen LogP contribution in [0.5, 0.6) is 5.75 Å². The van der Waals surface area contributed by atoms with E-state index in [1.54, 1.807) is 18.3 Å². The first-order valence-electron chi connectivity index (χ1n) is 12.4. The zero-order chi connectivity index (χ0) is 26.0. The summed E-state index contributed by atoms with van der Waals surface area (Å²) >= 11 is 0. The molecule has 37 heavy (non-hydrogen) atoms. The maximum Gasteiger partial charge on any atom is 0.254 e. The van der Waals surface area contributed by atoms with Crippen LogP contribution in [-0.2, 0) is 21.5 Å². The second kappa shape index (κ2) is 10.0. The molecular weight excluding hydrogens is 468 g/mol. The van der Waals surface area contributed by atoms with Gasteiger partial charge < -0.3 is 14.6 Å². The van der Waals surface area contributed by atoms with Crippen LogP contribution in [0.1, 0.15) is 38.8 Å². The molecule has 2 aromatic heterocycles. The number of hydrogen-bond donors (Lipinski definition) is 2. The molecule has 5 rings (SSSR count). The average molecular weight is 499 g/mol. The summed E-state index contributed by atoms with van der Waals surface area (Å²) in [5.74, 6) is 0.777. The number of para-hydroxylation sites is 2. The molecule has 190 valence electrons. The molecular formula is C28H30N6O3. The van der Waals surface area contributed by atoms with Gasteiger partial charge in [-0.2, -0.15) is 10.2 Å². The second-order valence-corrected chi connectivity index (χ2v) is 9.89. The zero-order valence-electron chi connectivity index (χ0n) is 21.0. The van der Waals surface area contributed by atoms with Crippen LogP contribution in [0.15, 0.2) is 72.6 Å². The third-order valence-electron chi connectivity index (χ3n) is 6.80. The molecule has 2 aliphatic rings. The summed E-state index contributed by atoms with van der Waals surface area (Å²) in [5.41, 5.74) is 2.58. The number of carbonyl (C=O) groups excluding carboxylic acids is 2. The van der Waals surface area contributed by atoms with Crippen LogP contribution in [0.2, 0.25) is 0 Å². The highest BCUT2D eigenvalue weighted by molar-refractivity contribution is 6.04. The van der Waals surface area contributed by atoms with E-state index in [1.807, 2.05) is 37.3 Å². The van der Waals surface area contributed by atoms with Crippen molar-refractivity contribution in [2.45, 2.75) is 45.1 Å². The molecule has 1 aliphatic heterocycles. The van der Waals surface area contributed by atoms with Gasteiger partial charge in [-0.3, -0.25) is 14.9 Å². The SMILES string of the molecule is C=CC(=O)NC1=CC2(C)CC(=C1)C(=O)Nc1nc3ccccc3n1C[C@H](C)CCCOc1ccnnc12. The lowest BCUT2D eigenvalue weighted by Gasteiger charge is -2.31. The number of anilines is 1. The first kappa shape index (κ1) is 24.4. The van der Waals surface area contributed by atoms with Crippen molar-refractivity contribution < 1.29 is 14.3 Å². The van der Waals surface area contributed by atoms with Crippen LogP contribution < -0.4 is 15.4 Å². The van der Waals surface area contributed by atoms with Crippen LogP contribution in [0.4, 0.5) is 5.95 Å². The topological polar surface area (TPSA) is 111 Å². The second-order valence-electron chi connectivity index (χ2n) is 9.89. The molecule has 2 atom stereocenters. The lowest BCUT2D eigenvalue weighted by atomic mass is 9.75. The van der Waals surface area contributed by atoms with Gasteiger partial charge in [0.05, 0.1) is 23.8 Å². The van der Waals surface area contributed by atoms with Crippen molar-refractivity contribution in [2.24, 2.45) is 5.92 Å². The predicted molar refractivity (Wildman–Crippen MR) is 141 cm³/mol. The average Bonchev–Trinajstić information content (AvgIpc) is 3.22. The molecule has 0 spiro atoms. The Balaban J connectivity index is 1.61. The minimum Gasteiger partial charge on any atom is -0.492 e. The van der Waals surface area contributed by atoms with Crippen LogP contribution in [0, 0.1) is 5.92 Å². The molecule has 0 radical (unpaired) electrons. The molecule has 2 amide bonds. The molecule has 3 heterocycles. The largest absolute Gasteiger partial charge is 0.492 e. The number of fused-ring (bicyclic) bond motifs is 7. The summed E-state index contributed by atoms with van der Waals surface area (Å²) in [4.78, 5) is 30.6. The van der Waals surface area contributed by atoms with Gasteiger partial charge in [0.25, 0.3) is 5.91 Å². The number of benzene rings is 1. The van der Waals surface area contributed by atoms with Gasteiger partial charge in [0.15, 0.2) is 0 Å². The molecule has 2 N–H and O–H groups in total. The molecule has 3 aromatic rings. The van der Waals surface area contributed by atoms with Gasteiger partial charge in [-0.15, -0.1) is 0 Å². The lowest BCUT2D eigenvalue weighted by molar-refractivity contribution is -0.116. The van der Waals surface area contributed by atoms with Gasteiger partial charge in [-0.05, 0) is 62.5 Å². The monoisotopic (exact) mass is 498 g/mol. The number of carbonyl (C=O) groups is 2. The Morgan fingerprint density at radius 2 is 2.16 bits per heavy atom. The smallest absolute Gasteiger partial charge is 0.254 e. The quantitative estimate of drug-likeness (QED) is 0.516. The van der Waals surface area contributed by atoms with Gasteiger partial charge in [0.1, 0.15) is 11.4 Å². The van der Waals surface area contributed by atoms with E-state index < -0.39 is 5.41 Å². The van der Waals surface area contributed by atoms with Crippen LogP contribution in [0.25, 0.3) is 11.0 Å². The van der Waals surface area contributed by atoms with Crippen LogP contribution >= 0.6 is 0 Å². The van der Waals surface area contributed by atoms with Crippen molar-refractivity contribution >= 4 is 28.8 Å². The molecule has 9 nitrogen and oxygen atoms in total. The Morgan fingerprint density at radius 1 is 1.32 bits per heavy atom. The van der Waals surface area contributed by atoms with Gasteiger partial charge >= 0.3 is 0 Å². The maximum atomic E-state index is 13.7. The van der Waals surface area contributed by atoms with Gasteiger partial charge in [0.2, 0.25) is 11.9 Å². The van der Waals surface area contributed by atoms with E-state index >= 15 is 0 Å². The highest BCUT2D eigenvalue weighted by atomic mass is 16.5. The Labute approximate surface area is 215 Å². The van der Waals surface area contributed by atoms with Gasteiger partial charge in [0, 0.05) is 29.3 Å². The Kier molecular flexibility index (Phi) is 6.60. The van der Waals surface area contributed by atoms with Crippen molar-refractivity contribution in [1.29, 1.82) is 0 Å². The number of imidazole rings is 1. The number of hydrogen-bond acceptors (Lipinski definition) is 6. The fraction of sp³-hybridized carbons (Fsp3) is 0.321. The van der Waals surface area contributed by atoms with Crippen molar-refractivity contribution in [3.8, 4) is 5.75 Å². The first-order valence-corrected chi connectivity index (χ1v) is 12.4. The van der Waals surface area contributed by atoms with E-state index in [2.05, 4.69) is 38.9 Å². The van der Waals surface area contributed by atoms with E-state index in [9.17, 15) is 9.59 Å². The standard InChI is InChI=1S/C28H30N6O3/c1-4-24(35)30-20-14-19-15-28(3,16-20)25-23(11-12-29-33-25)37-13-7-8-18(2)17-34-22-10-6-5-9-21(22)31-27(34)32-26(19)36/h4-6,9-12,14,16,18H,1,7-8,13,15,17H2,2-3H3,(H,30,35)(H,31,32,36)/t18-,28?/m1/s1. The van der Waals surface area contributed by atoms with E-state index in [-0.39, 0.29) is 11.8 Å². The molecule has 0 saturated carbocycles. The summed E-state index contributed by atoms with van der Waals surface area (Å²) in [5, 5.41) is 14.4. The molecule has 0 saturated heterocycles. The summed E-state index contributed by atoms with van der Waals surface area (Å²) in [6.45, 7) is 8.92. The van der Waals surface area contributed by atoms with Crippen molar-refractivity contribution in [3.05, 3.63) is 78.3 Å². The fourth-order valence-electron chi connectivity index (χ4n) is 5.02. The predicted octanol–water partition coefficient (Wildman–Crippen LogP) is 4.05. The minimum atomic E-state index is -0.762. The molecule has 2 bridgehead atoms. The summed E-state index contributed by atoms with van der Waals surface area (Å²) in [7, 11) is 0. The number of nitrogens with one attached hydrogen (secondary N) is 2. The zero-order valence-corrected chi connectivity index (χ0v) is 21.0. The van der Waals surface area contributed by atoms with E-state index in [0.29, 0.717) is 54.2 Å². The van der Waals surface area contributed by atoms with Gasteiger partial charge in [-0.1, -0.05) is 25.6 Å². The van der Waals surface area contributed by atoms with Crippen LogP contribution in [-0.4, -0.2) is 38.2 Å². The van der Waals surface area contributed by atoms with E-state index in [4.69, 9.17) is 9.72 Å². The van der Waals surface area contributed by atoms with Crippen molar-refractivity contribution in [2.75, 3.05) is 11.9 Å². The lowest BCUT2D eigenvalue weighted by Crippen LogP contribution is -2.33. The molecule has 9 heteroatoms. The number of nitrogens with zero attached hydrogens (tertiary/aromatic N) is 4. The normalized spacial score (nSPS) is 22.1. The van der Waals surface area contributed by atoms with E-state index in [0.717, 1.165) is 23.9 Å². The van der Waals surface area contributed by atoms with Crippen LogP contribution in [0.3, 0.4) is 0 Å². The highest BCUT2D eigenvalue weighted by Crippen LogP contribution is 2.40. The van der Waals surface area contributed by atoms with Crippen molar-refractivity contribution in [1.82, 2.24) is 25.1 Å². The Bertz CT molecular complexity index is 1440. The van der Waals surface area contributed by atoms with Gasteiger partial charge in [-0.25, -0.2) is 4.98 Å². The Morgan fingerprint density at radius 3 is 3.00 bits per heavy atom. The third-order valence-corrected chi connectivity index (χ3v) is 6.80. The number of allylic oxidation sites excluding steroid dienone is 2. The number of rotatable bonds is 2. The highest BCUT2D eigenvalue weighted by Gasteiger charge is 2.36. The number of aromatic nitrogens is 4. The minimum absolute atomic E-state index is 0.296. The summed E-state index contributed by atoms with van der Waals surface area (Å²) in [6.07, 6.45) is 8.48. The maximum absolute atomic E-state index is 13.7. The molecule has 0 fully saturated rings. The first-order chi connectivity index (χ1) is 17.9.